The average molecular weight is 148 g/mol. The van der Waals surface area contributed by atoms with Crippen LogP contribution in [-0.4, -0.2) is 18.2 Å². The largest absolute Gasteiger partial charge is 0.300 e. The molecule has 11 heavy (non-hydrogen) atoms. The van der Waals surface area contributed by atoms with Crippen LogP contribution >= 0.6 is 0 Å². The van der Waals surface area contributed by atoms with Crippen molar-refractivity contribution < 1.29 is 0 Å². The summed E-state index contributed by atoms with van der Waals surface area (Å²) in [5, 5.41) is 0. The summed E-state index contributed by atoms with van der Waals surface area (Å²) in [5.41, 5.74) is 1.26. The van der Waals surface area contributed by atoms with Gasteiger partial charge in [-0.2, -0.15) is 0 Å². The van der Waals surface area contributed by atoms with Crippen molar-refractivity contribution in [1.82, 2.24) is 4.98 Å². The van der Waals surface area contributed by atoms with Crippen LogP contribution in [-0.2, 0) is 0 Å². The molecule has 0 amide bonds. The van der Waals surface area contributed by atoms with Gasteiger partial charge in [0.1, 0.15) is 0 Å². The lowest BCUT2D eigenvalue weighted by Crippen LogP contribution is -1.93. The van der Waals surface area contributed by atoms with Gasteiger partial charge in [-0.3, -0.25) is 4.98 Å². The second kappa shape index (κ2) is 3.86. The number of hydrogen-bond donors (Lipinski definition) is 0. The molecule has 1 aromatic heterocycles. The molecule has 1 atom stereocenters. The minimum atomic E-state index is 0.392. The predicted octanol–water partition coefficient (Wildman–Crippen LogP) is 1.89. The van der Waals surface area contributed by atoms with Crippen molar-refractivity contribution in [2.45, 2.75) is 12.8 Å². The van der Waals surface area contributed by atoms with E-state index in [2.05, 4.69) is 16.9 Å². The van der Waals surface area contributed by atoms with E-state index in [9.17, 15) is 0 Å². The molecule has 1 unspecified atom stereocenters. The van der Waals surface area contributed by atoms with Gasteiger partial charge in [-0.1, -0.05) is 6.92 Å². The van der Waals surface area contributed by atoms with E-state index >= 15 is 0 Å². The molecule has 1 rings (SSSR count). The standard InChI is InChI=1S/C9H12N2/c1-8(7-10-2)9-3-5-11-6-4-9/h3-8H,1-2H3. The minimum absolute atomic E-state index is 0.392. The van der Waals surface area contributed by atoms with Crippen LogP contribution in [0.2, 0.25) is 0 Å². The summed E-state index contributed by atoms with van der Waals surface area (Å²) in [4.78, 5) is 7.91. The second-order valence-corrected chi connectivity index (χ2v) is 2.48. The fraction of sp³-hybridized carbons (Fsp3) is 0.333. The van der Waals surface area contributed by atoms with E-state index in [0.717, 1.165) is 0 Å². The van der Waals surface area contributed by atoms with Crippen molar-refractivity contribution in [2.24, 2.45) is 4.99 Å². The number of nitrogens with zero attached hydrogens (tertiary/aromatic N) is 2. The zero-order chi connectivity index (χ0) is 8.10. The van der Waals surface area contributed by atoms with E-state index in [0.29, 0.717) is 5.92 Å². The van der Waals surface area contributed by atoms with E-state index in [1.807, 2.05) is 18.3 Å². The monoisotopic (exact) mass is 148 g/mol. The number of aliphatic imine (C=N–C) groups is 1. The summed E-state index contributed by atoms with van der Waals surface area (Å²) in [5.74, 6) is 0.392. The SMILES string of the molecule is CN=CC(C)c1ccncc1. The Morgan fingerprint density at radius 1 is 1.45 bits per heavy atom. The number of aromatic nitrogens is 1. The molecule has 0 bridgehead atoms. The lowest BCUT2D eigenvalue weighted by Gasteiger charge is -2.03. The summed E-state index contributed by atoms with van der Waals surface area (Å²) in [6.45, 7) is 2.11. The first kappa shape index (κ1) is 7.92. The predicted molar refractivity (Wildman–Crippen MR) is 47.1 cm³/mol. The van der Waals surface area contributed by atoms with Crippen molar-refractivity contribution in [3.8, 4) is 0 Å². The van der Waals surface area contributed by atoms with E-state index < -0.39 is 0 Å². The van der Waals surface area contributed by atoms with Crippen LogP contribution < -0.4 is 0 Å². The molecule has 0 radical (unpaired) electrons. The molecule has 0 aliphatic carbocycles. The molecule has 2 nitrogen and oxygen atoms in total. The summed E-state index contributed by atoms with van der Waals surface area (Å²) >= 11 is 0. The highest BCUT2D eigenvalue weighted by Crippen LogP contribution is 2.10. The van der Waals surface area contributed by atoms with Crippen LogP contribution in [0.3, 0.4) is 0 Å². The molecule has 0 aliphatic rings. The molecular formula is C9H12N2. The normalized spacial score (nSPS) is 13.6. The fourth-order valence-corrected chi connectivity index (χ4v) is 0.977. The first-order valence-electron chi connectivity index (χ1n) is 3.67. The smallest absolute Gasteiger partial charge is 0.0273 e. The fourth-order valence-electron chi connectivity index (χ4n) is 0.977. The minimum Gasteiger partial charge on any atom is -0.300 e. The van der Waals surface area contributed by atoms with Crippen LogP contribution in [0.25, 0.3) is 0 Å². The number of pyridine rings is 1. The van der Waals surface area contributed by atoms with Gasteiger partial charge in [0.2, 0.25) is 0 Å². The summed E-state index contributed by atoms with van der Waals surface area (Å²) in [6.07, 6.45) is 5.53. The summed E-state index contributed by atoms with van der Waals surface area (Å²) in [7, 11) is 1.79. The van der Waals surface area contributed by atoms with Gasteiger partial charge in [0, 0.05) is 31.6 Å². The topological polar surface area (TPSA) is 25.2 Å². The zero-order valence-electron chi connectivity index (χ0n) is 6.86. The molecular weight excluding hydrogens is 136 g/mol. The Morgan fingerprint density at radius 3 is 2.64 bits per heavy atom. The van der Waals surface area contributed by atoms with Crippen LogP contribution in [0, 0.1) is 0 Å². The lowest BCUT2D eigenvalue weighted by molar-refractivity contribution is 1.03. The highest BCUT2D eigenvalue weighted by Gasteiger charge is 1.98. The average Bonchev–Trinajstić information content (AvgIpc) is 2.07. The molecule has 2 heteroatoms. The Morgan fingerprint density at radius 2 is 2.09 bits per heavy atom. The second-order valence-electron chi connectivity index (χ2n) is 2.48. The summed E-state index contributed by atoms with van der Waals surface area (Å²) in [6, 6.07) is 4.01. The first-order chi connectivity index (χ1) is 5.34. The van der Waals surface area contributed by atoms with E-state index in [1.165, 1.54) is 5.56 Å². The Balaban J connectivity index is 2.76. The van der Waals surface area contributed by atoms with Crippen LogP contribution in [0.5, 0.6) is 0 Å². The molecule has 1 aromatic rings. The van der Waals surface area contributed by atoms with E-state index in [-0.39, 0.29) is 0 Å². The maximum atomic E-state index is 3.97. The molecule has 0 fully saturated rings. The Labute approximate surface area is 67.0 Å². The van der Waals surface area contributed by atoms with Crippen molar-refractivity contribution in [3.05, 3.63) is 30.1 Å². The molecule has 0 aliphatic heterocycles. The lowest BCUT2D eigenvalue weighted by atomic mass is 10.0. The van der Waals surface area contributed by atoms with Crippen LogP contribution in [0.1, 0.15) is 18.4 Å². The molecule has 0 saturated heterocycles. The van der Waals surface area contributed by atoms with Crippen LogP contribution in [0.15, 0.2) is 29.5 Å². The van der Waals surface area contributed by atoms with Gasteiger partial charge in [0.25, 0.3) is 0 Å². The maximum absolute atomic E-state index is 3.97. The van der Waals surface area contributed by atoms with Crippen molar-refractivity contribution >= 4 is 6.21 Å². The van der Waals surface area contributed by atoms with Gasteiger partial charge in [0.05, 0.1) is 0 Å². The Kier molecular flexibility index (Phi) is 2.78. The van der Waals surface area contributed by atoms with Crippen molar-refractivity contribution in [2.75, 3.05) is 7.05 Å². The van der Waals surface area contributed by atoms with E-state index in [1.54, 1.807) is 19.4 Å². The first-order valence-corrected chi connectivity index (χ1v) is 3.67. The number of rotatable bonds is 2. The van der Waals surface area contributed by atoms with Gasteiger partial charge < -0.3 is 4.99 Å². The molecule has 58 valence electrons. The van der Waals surface area contributed by atoms with E-state index in [4.69, 9.17) is 0 Å². The highest BCUT2D eigenvalue weighted by atomic mass is 14.6. The third-order valence-electron chi connectivity index (χ3n) is 1.60. The summed E-state index contributed by atoms with van der Waals surface area (Å²) < 4.78 is 0. The highest BCUT2D eigenvalue weighted by molar-refractivity contribution is 5.66. The molecule has 0 saturated carbocycles. The van der Waals surface area contributed by atoms with Gasteiger partial charge in [-0.25, -0.2) is 0 Å². The molecule has 0 N–H and O–H groups in total. The van der Waals surface area contributed by atoms with Crippen molar-refractivity contribution in [1.29, 1.82) is 0 Å². The van der Waals surface area contributed by atoms with Gasteiger partial charge in [-0.05, 0) is 17.7 Å². The quantitative estimate of drug-likeness (QED) is 0.588. The van der Waals surface area contributed by atoms with Gasteiger partial charge in [0.15, 0.2) is 0 Å². The zero-order valence-corrected chi connectivity index (χ0v) is 6.86. The van der Waals surface area contributed by atoms with Gasteiger partial charge >= 0.3 is 0 Å². The number of hydrogen-bond acceptors (Lipinski definition) is 2. The maximum Gasteiger partial charge on any atom is 0.0273 e. The van der Waals surface area contributed by atoms with Crippen molar-refractivity contribution in [3.63, 3.8) is 0 Å². The third-order valence-corrected chi connectivity index (χ3v) is 1.60. The Bertz CT molecular complexity index is 229. The molecule has 1 heterocycles. The molecule has 0 spiro atoms. The Hall–Kier alpha value is -1.18. The van der Waals surface area contributed by atoms with Gasteiger partial charge in [-0.15, -0.1) is 0 Å². The molecule has 0 aromatic carbocycles. The third kappa shape index (κ3) is 2.15. The van der Waals surface area contributed by atoms with Crippen LogP contribution in [0.4, 0.5) is 0 Å².